The Hall–Kier alpha value is -1.21. The first-order chi connectivity index (χ1) is 12.5. The molecule has 0 saturated carbocycles. The van der Waals surface area contributed by atoms with Gasteiger partial charge < -0.3 is 5.11 Å². The van der Waals surface area contributed by atoms with Crippen molar-refractivity contribution in [1.29, 1.82) is 0 Å². The van der Waals surface area contributed by atoms with E-state index in [0.717, 1.165) is 44.8 Å². The van der Waals surface area contributed by atoms with Gasteiger partial charge in [-0.15, -0.1) is 11.3 Å². The van der Waals surface area contributed by atoms with Crippen LogP contribution in [0.5, 0.6) is 0 Å². The summed E-state index contributed by atoms with van der Waals surface area (Å²) < 4.78 is 2.14. The third-order valence-electron chi connectivity index (χ3n) is 5.44. The Morgan fingerprint density at radius 3 is 2.69 bits per heavy atom. The van der Waals surface area contributed by atoms with Crippen LogP contribution in [-0.4, -0.2) is 57.0 Å². The predicted molar refractivity (Wildman–Crippen MR) is 108 cm³/mol. The number of aryl methyl sites for hydroxylation is 1. The minimum atomic E-state index is 0.253. The molecule has 0 unspecified atom stereocenters. The van der Waals surface area contributed by atoms with E-state index in [1.807, 2.05) is 11.3 Å². The molecular formula is C20H32N4OS. The van der Waals surface area contributed by atoms with Crippen LogP contribution in [0.3, 0.4) is 0 Å². The van der Waals surface area contributed by atoms with E-state index in [2.05, 4.69) is 59.7 Å². The minimum Gasteiger partial charge on any atom is -0.396 e. The number of thiophene rings is 1. The van der Waals surface area contributed by atoms with Crippen LogP contribution < -0.4 is 0 Å². The van der Waals surface area contributed by atoms with Gasteiger partial charge in [0.15, 0.2) is 0 Å². The van der Waals surface area contributed by atoms with Gasteiger partial charge in [-0.3, -0.25) is 14.5 Å². The van der Waals surface area contributed by atoms with Crippen LogP contribution in [0.25, 0.3) is 0 Å². The number of aromatic nitrogens is 2. The smallest absolute Gasteiger partial charge is 0.0641 e. The van der Waals surface area contributed by atoms with Crippen LogP contribution in [0.4, 0.5) is 0 Å². The number of aliphatic hydroxyl groups is 1. The normalized spacial score (nSPS) is 19.5. The summed E-state index contributed by atoms with van der Waals surface area (Å²) in [6, 6.07) is 5.14. The molecule has 2 aromatic heterocycles. The van der Waals surface area contributed by atoms with Gasteiger partial charge in [-0.1, -0.05) is 6.07 Å². The van der Waals surface area contributed by atoms with Gasteiger partial charge in [0.05, 0.1) is 5.69 Å². The molecule has 26 heavy (non-hydrogen) atoms. The predicted octanol–water partition coefficient (Wildman–Crippen LogP) is 3.21. The molecule has 1 N–H and O–H groups in total. The molecule has 1 fully saturated rings. The Bertz CT molecular complexity index is 695. The summed E-state index contributed by atoms with van der Waals surface area (Å²) in [6.45, 7) is 14.0. The first-order valence-corrected chi connectivity index (χ1v) is 10.5. The van der Waals surface area contributed by atoms with Crippen molar-refractivity contribution in [2.24, 2.45) is 0 Å². The number of hydrogen-bond acceptors (Lipinski definition) is 5. The van der Waals surface area contributed by atoms with E-state index in [1.165, 1.54) is 16.1 Å². The third-order valence-corrected chi connectivity index (χ3v) is 6.30. The quantitative estimate of drug-likeness (QED) is 0.806. The monoisotopic (exact) mass is 376 g/mol. The van der Waals surface area contributed by atoms with Crippen LogP contribution in [0.2, 0.25) is 0 Å². The highest BCUT2D eigenvalue weighted by molar-refractivity contribution is 7.09. The third kappa shape index (κ3) is 4.36. The lowest BCUT2D eigenvalue weighted by Crippen LogP contribution is -2.52. The Morgan fingerprint density at radius 1 is 1.27 bits per heavy atom. The van der Waals surface area contributed by atoms with Crippen molar-refractivity contribution in [1.82, 2.24) is 19.6 Å². The average molecular weight is 377 g/mol. The fourth-order valence-electron chi connectivity index (χ4n) is 3.99. The minimum absolute atomic E-state index is 0.253. The molecule has 0 aromatic carbocycles. The van der Waals surface area contributed by atoms with Gasteiger partial charge in [0.25, 0.3) is 0 Å². The van der Waals surface area contributed by atoms with Gasteiger partial charge in [-0.2, -0.15) is 5.10 Å². The Labute approximate surface area is 161 Å². The standard InChI is InChI=1S/C20H32N4OS/c1-15(2)24-17(4)20(16(3)21-24)14-22-8-9-23(18(12-22)7-10-25)13-19-6-5-11-26-19/h5-6,11,15,18,25H,7-10,12-14H2,1-4H3/t18-/m0/s1. The average Bonchev–Trinajstić information content (AvgIpc) is 3.20. The fraction of sp³-hybridized carbons (Fsp3) is 0.650. The largest absolute Gasteiger partial charge is 0.396 e. The second-order valence-electron chi connectivity index (χ2n) is 7.64. The van der Waals surface area contributed by atoms with Crippen molar-refractivity contribution in [3.8, 4) is 0 Å². The highest BCUT2D eigenvalue weighted by Crippen LogP contribution is 2.23. The van der Waals surface area contributed by atoms with Gasteiger partial charge >= 0.3 is 0 Å². The van der Waals surface area contributed by atoms with Crippen molar-refractivity contribution >= 4 is 11.3 Å². The topological polar surface area (TPSA) is 44.5 Å². The summed E-state index contributed by atoms with van der Waals surface area (Å²) in [6.07, 6.45) is 0.838. The SMILES string of the molecule is Cc1nn(C(C)C)c(C)c1CN1CCN(Cc2cccs2)[C@@H](CCO)C1. The van der Waals surface area contributed by atoms with E-state index in [0.29, 0.717) is 12.1 Å². The van der Waals surface area contributed by atoms with Crippen molar-refractivity contribution < 1.29 is 5.11 Å². The molecule has 5 nitrogen and oxygen atoms in total. The van der Waals surface area contributed by atoms with E-state index in [1.54, 1.807) is 0 Å². The maximum absolute atomic E-state index is 9.54. The van der Waals surface area contributed by atoms with Crippen molar-refractivity contribution in [2.45, 2.75) is 59.3 Å². The maximum atomic E-state index is 9.54. The van der Waals surface area contributed by atoms with E-state index in [4.69, 9.17) is 5.10 Å². The molecule has 6 heteroatoms. The number of rotatable bonds is 7. The summed E-state index contributed by atoms with van der Waals surface area (Å²) in [5.41, 5.74) is 3.81. The van der Waals surface area contributed by atoms with Crippen LogP contribution in [0, 0.1) is 13.8 Å². The summed E-state index contributed by atoms with van der Waals surface area (Å²) in [5, 5.41) is 16.4. The maximum Gasteiger partial charge on any atom is 0.0641 e. The highest BCUT2D eigenvalue weighted by atomic mass is 32.1. The lowest BCUT2D eigenvalue weighted by molar-refractivity contribution is 0.0504. The summed E-state index contributed by atoms with van der Waals surface area (Å²) >= 11 is 1.82. The number of hydrogen-bond donors (Lipinski definition) is 1. The zero-order valence-electron chi connectivity index (χ0n) is 16.5. The molecule has 0 radical (unpaired) electrons. The molecule has 0 bridgehead atoms. The van der Waals surface area contributed by atoms with Crippen LogP contribution in [0.15, 0.2) is 17.5 Å². The lowest BCUT2D eigenvalue weighted by atomic mass is 10.1. The van der Waals surface area contributed by atoms with Crippen LogP contribution in [0.1, 0.15) is 48.1 Å². The van der Waals surface area contributed by atoms with Crippen molar-refractivity contribution in [3.63, 3.8) is 0 Å². The Balaban J connectivity index is 1.67. The lowest BCUT2D eigenvalue weighted by Gasteiger charge is -2.41. The van der Waals surface area contributed by atoms with Gasteiger partial charge in [0.2, 0.25) is 0 Å². The molecule has 0 amide bonds. The molecule has 3 heterocycles. The van der Waals surface area contributed by atoms with E-state index in [-0.39, 0.29) is 6.61 Å². The molecule has 3 rings (SSSR count). The highest BCUT2D eigenvalue weighted by Gasteiger charge is 2.28. The molecule has 0 spiro atoms. The molecule has 1 aliphatic rings. The van der Waals surface area contributed by atoms with Crippen molar-refractivity contribution in [2.75, 3.05) is 26.2 Å². The second kappa shape index (κ2) is 8.65. The van der Waals surface area contributed by atoms with Gasteiger partial charge in [0, 0.05) is 67.5 Å². The zero-order chi connectivity index (χ0) is 18.7. The number of aliphatic hydroxyl groups excluding tert-OH is 1. The number of piperazine rings is 1. The van der Waals surface area contributed by atoms with E-state index < -0.39 is 0 Å². The zero-order valence-corrected chi connectivity index (χ0v) is 17.3. The van der Waals surface area contributed by atoms with Gasteiger partial charge in [-0.25, -0.2) is 0 Å². The molecule has 1 saturated heterocycles. The Kier molecular flexibility index (Phi) is 6.51. The van der Waals surface area contributed by atoms with E-state index in [9.17, 15) is 5.11 Å². The molecule has 1 atom stereocenters. The fourth-order valence-corrected chi connectivity index (χ4v) is 4.72. The van der Waals surface area contributed by atoms with Crippen molar-refractivity contribution in [3.05, 3.63) is 39.3 Å². The van der Waals surface area contributed by atoms with Crippen LogP contribution >= 0.6 is 11.3 Å². The summed E-state index contributed by atoms with van der Waals surface area (Å²) in [7, 11) is 0. The molecule has 144 valence electrons. The van der Waals surface area contributed by atoms with Gasteiger partial charge in [0.1, 0.15) is 0 Å². The first-order valence-electron chi connectivity index (χ1n) is 9.63. The molecule has 0 aliphatic carbocycles. The first kappa shape index (κ1) is 19.5. The number of nitrogens with zero attached hydrogens (tertiary/aromatic N) is 4. The molecular weight excluding hydrogens is 344 g/mol. The molecule has 2 aromatic rings. The Morgan fingerprint density at radius 2 is 2.08 bits per heavy atom. The van der Waals surface area contributed by atoms with Crippen LogP contribution in [-0.2, 0) is 13.1 Å². The van der Waals surface area contributed by atoms with Gasteiger partial charge in [-0.05, 0) is 45.6 Å². The molecule has 1 aliphatic heterocycles. The summed E-state index contributed by atoms with van der Waals surface area (Å²) in [4.78, 5) is 6.48. The van der Waals surface area contributed by atoms with E-state index >= 15 is 0 Å². The summed E-state index contributed by atoms with van der Waals surface area (Å²) in [5.74, 6) is 0. The second-order valence-corrected chi connectivity index (χ2v) is 8.67.